The second-order valence-corrected chi connectivity index (χ2v) is 3.97. The largest absolute Gasteiger partial charge is 0.314 e. The molecule has 0 atom stereocenters. The molecular formula is C13H17N3. The molecule has 0 aliphatic carbocycles. The molecule has 0 spiro atoms. The average Bonchev–Trinajstić information content (AvgIpc) is 2.62. The van der Waals surface area contributed by atoms with Crippen LogP contribution >= 0.6 is 0 Å². The first-order chi connectivity index (χ1) is 7.74. The summed E-state index contributed by atoms with van der Waals surface area (Å²) in [6, 6.07) is 8.41. The number of rotatable bonds is 3. The zero-order valence-electron chi connectivity index (χ0n) is 9.99. The van der Waals surface area contributed by atoms with Gasteiger partial charge in [0.25, 0.3) is 0 Å². The number of nitrogens with zero attached hydrogens (tertiary/aromatic N) is 2. The fourth-order valence-corrected chi connectivity index (χ4v) is 1.94. The lowest BCUT2D eigenvalue weighted by Crippen LogP contribution is -2.10. The molecule has 0 unspecified atom stereocenters. The van der Waals surface area contributed by atoms with Gasteiger partial charge in [0.2, 0.25) is 0 Å². The van der Waals surface area contributed by atoms with Crippen LogP contribution in [-0.2, 0) is 13.6 Å². The minimum absolute atomic E-state index is 0.833. The van der Waals surface area contributed by atoms with Crippen molar-refractivity contribution >= 4 is 0 Å². The van der Waals surface area contributed by atoms with Crippen LogP contribution in [0.15, 0.2) is 30.5 Å². The molecule has 0 radical (unpaired) electrons. The summed E-state index contributed by atoms with van der Waals surface area (Å²) in [5.41, 5.74) is 4.99. The summed E-state index contributed by atoms with van der Waals surface area (Å²) in [5.74, 6) is 0. The van der Waals surface area contributed by atoms with Crippen LogP contribution in [0.2, 0.25) is 0 Å². The predicted molar refractivity (Wildman–Crippen MR) is 66.1 cm³/mol. The highest BCUT2D eigenvalue weighted by atomic mass is 15.3. The predicted octanol–water partition coefficient (Wildman–Crippen LogP) is 2.11. The molecule has 84 valence electrons. The third-order valence-electron chi connectivity index (χ3n) is 2.84. The summed E-state index contributed by atoms with van der Waals surface area (Å²) in [6.45, 7) is 2.96. The maximum atomic E-state index is 4.33. The molecule has 1 heterocycles. The molecule has 0 bridgehead atoms. The summed E-state index contributed by atoms with van der Waals surface area (Å²) < 4.78 is 1.93. The minimum Gasteiger partial charge on any atom is -0.314 e. The summed E-state index contributed by atoms with van der Waals surface area (Å²) >= 11 is 0. The topological polar surface area (TPSA) is 29.9 Å². The van der Waals surface area contributed by atoms with Gasteiger partial charge >= 0.3 is 0 Å². The second-order valence-electron chi connectivity index (χ2n) is 3.97. The Hall–Kier alpha value is -1.61. The van der Waals surface area contributed by atoms with Gasteiger partial charge in [-0.05, 0) is 25.1 Å². The van der Waals surface area contributed by atoms with Crippen molar-refractivity contribution in [2.75, 3.05) is 7.05 Å². The van der Waals surface area contributed by atoms with Gasteiger partial charge in [0.15, 0.2) is 0 Å². The molecule has 1 aromatic carbocycles. The van der Waals surface area contributed by atoms with E-state index in [4.69, 9.17) is 0 Å². The van der Waals surface area contributed by atoms with Crippen LogP contribution in [0.4, 0.5) is 0 Å². The Kier molecular flexibility index (Phi) is 3.06. The number of hydrogen-bond donors (Lipinski definition) is 1. The van der Waals surface area contributed by atoms with E-state index in [-0.39, 0.29) is 0 Å². The van der Waals surface area contributed by atoms with Gasteiger partial charge in [0, 0.05) is 19.2 Å². The third-order valence-corrected chi connectivity index (χ3v) is 2.84. The van der Waals surface area contributed by atoms with Gasteiger partial charge in [-0.2, -0.15) is 5.10 Å². The number of aryl methyl sites for hydroxylation is 2. The average molecular weight is 215 g/mol. The number of aromatic nitrogens is 2. The SMILES string of the molecule is CNCc1c(-c2ccccc2C)cnn1C. The van der Waals surface area contributed by atoms with Crippen LogP contribution in [0, 0.1) is 6.92 Å². The van der Waals surface area contributed by atoms with E-state index in [2.05, 4.69) is 41.6 Å². The van der Waals surface area contributed by atoms with Gasteiger partial charge < -0.3 is 5.32 Å². The highest BCUT2D eigenvalue weighted by Crippen LogP contribution is 2.26. The standard InChI is InChI=1S/C13H17N3/c1-10-6-4-5-7-11(10)12-8-15-16(3)13(12)9-14-2/h4-8,14H,9H2,1-3H3. The molecule has 0 fully saturated rings. The molecule has 2 rings (SSSR count). The Morgan fingerprint density at radius 3 is 2.69 bits per heavy atom. The molecule has 1 aromatic heterocycles. The van der Waals surface area contributed by atoms with E-state index < -0.39 is 0 Å². The van der Waals surface area contributed by atoms with Gasteiger partial charge in [-0.15, -0.1) is 0 Å². The Morgan fingerprint density at radius 2 is 2.00 bits per heavy atom. The smallest absolute Gasteiger partial charge is 0.0597 e. The van der Waals surface area contributed by atoms with Crippen LogP contribution in [0.25, 0.3) is 11.1 Å². The van der Waals surface area contributed by atoms with Crippen molar-refractivity contribution in [1.82, 2.24) is 15.1 Å². The van der Waals surface area contributed by atoms with Crippen molar-refractivity contribution in [3.63, 3.8) is 0 Å². The summed E-state index contributed by atoms with van der Waals surface area (Å²) in [4.78, 5) is 0. The molecule has 1 N–H and O–H groups in total. The lowest BCUT2D eigenvalue weighted by Gasteiger charge is -2.07. The molecule has 0 aliphatic heterocycles. The van der Waals surface area contributed by atoms with E-state index in [1.807, 2.05) is 25.0 Å². The lowest BCUT2D eigenvalue weighted by atomic mass is 10.0. The highest BCUT2D eigenvalue weighted by Gasteiger charge is 2.10. The summed E-state index contributed by atoms with van der Waals surface area (Å²) in [7, 11) is 3.93. The minimum atomic E-state index is 0.833. The third kappa shape index (κ3) is 1.86. The van der Waals surface area contributed by atoms with Crippen molar-refractivity contribution in [2.45, 2.75) is 13.5 Å². The van der Waals surface area contributed by atoms with E-state index in [1.54, 1.807) is 0 Å². The van der Waals surface area contributed by atoms with Crippen LogP contribution in [0.3, 0.4) is 0 Å². The van der Waals surface area contributed by atoms with E-state index in [0.717, 1.165) is 6.54 Å². The Bertz CT molecular complexity index is 486. The van der Waals surface area contributed by atoms with Gasteiger partial charge in [-0.1, -0.05) is 24.3 Å². The fraction of sp³-hybridized carbons (Fsp3) is 0.308. The maximum absolute atomic E-state index is 4.33. The molecule has 0 saturated carbocycles. The Morgan fingerprint density at radius 1 is 1.25 bits per heavy atom. The number of nitrogens with one attached hydrogen (secondary N) is 1. The summed E-state index contributed by atoms with van der Waals surface area (Å²) in [5, 5.41) is 7.51. The van der Waals surface area contributed by atoms with Crippen LogP contribution in [0.5, 0.6) is 0 Å². The molecule has 0 aliphatic rings. The Balaban J connectivity index is 2.52. The molecule has 2 aromatic rings. The van der Waals surface area contributed by atoms with Crippen molar-refractivity contribution in [1.29, 1.82) is 0 Å². The zero-order chi connectivity index (χ0) is 11.5. The monoisotopic (exact) mass is 215 g/mol. The van der Waals surface area contributed by atoms with Crippen LogP contribution < -0.4 is 5.32 Å². The second kappa shape index (κ2) is 4.49. The van der Waals surface area contributed by atoms with Gasteiger partial charge in [-0.25, -0.2) is 0 Å². The van der Waals surface area contributed by atoms with Gasteiger partial charge in [0.05, 0.1) is 11.9 Å². The molecule has 0 saturated heterocycles. The van der Waals surface area contributed by atoms with Crippen molar-refractivity contribution in [3.8, 4) is 11.1 Å². The summed E-state index contributed by atoms with van der Waals surface area (Å²) in [6.07, 6.45) is 1.94. The quantitative estimate of drug-likeness (QED) is 0.850. The molecule has 0 amide bonds. The first kappa shape index (κ1) is 10.9. The van der Waals surface area contributed by atoms with Gasteiger partial charge in [0.1, 0.15) is 0 Å². The van der Waals surface area contributed by atoms with E-state index in [0.29, 0.717) is 0 Å². The zero-order valence-corrected chi connectivity index (χ0v) is 9.99. The first-order valence-electron chi connectivity index (χ1n) is 5.45. The van der Waals surface area contributed by atoms with Gasteiger partial charge in [-0.3, -0.25) is 4.68 Å². The molecule has 3 nitrogen and oxygen atoms in total. The van der Waals surface area contributed by atoms with E-state index >= 15 is 0 Å². The number of hydrogen-bond acceptors (Lipinski definition) is 2. The maximum Gasteiger partial charge on any atom is 0.0597 e. The molecule has 16 heavy (non-hydrogen) atoms. The van der Waals surface area contributed by atoms with E-state index in [9.17, 15) is 0 Å². The van der Waals surface area contributed by atoms with Crippen molar-refractivity contribution in [3.05, 3.63) is 41.7 Å². The lowest BCUT2D eigenvalue weighted by molar-refractivity contribution is 0.673. The highest BCUT2D eigenvalue weighted by molar-refractivity contribution is 5.68. The van der Waals surface area contributed by atoms with Crippen molar-refractivity contribution < 1.29 is 0 Å². The fourth-order valence-electron chi connectivity index (χ4n) is 1.94. The molecular weight excluding hydrogens is 198 g/mol. The Labute approximate surface area is 96.1 Å². The normalized spacial score (nSPS) is 10.7. The molecule has 3 heteroatoms. The van der Waals surface area contributed by atoms with Crippen LogP contribution in [-0.4, -0.2) is 16.8 Å². The van der Waals surface area contributed by atoms with Crippen LogP contribution in [0.1, 0.15) is 11.3 Å². The first-order valence-corrected chi connectivity index (χ1v) is 5.45. The van der Waals surface area contributed by atoms with E-state index in [1.165, 1.54) is 22.4 Å². The van der Waals surface area contributed by atoms with Crippen molar-refractivity contribution in [2.24, 2.45) is 7.05 Å². The number of benzene rings is 1.